The van der Waals surface area contributed by atoms with Gasteiger partial charge in [0.1, 0.15) is 17.7 Å². The number of halogens is 1. The summed E-state index contributed by atoms with van der Waals surface area (Å²) in [7, 11) is 0. The van der Waals surface area contributed by atoms with Crippen molar-refractivity contribution in [2.45, 2.75) is 32.4 Å². The molecule has 20 heavy (non-hydrogen) atoms. The van der Waals surface area contributed by atoms with Crippen LogP contribution in [-0.4, -0.2) is 6.10 Å². The molecule has 0 radical (unpaired) electrons. The molecule has 0 bridgehead atoms. The van der Waals surface area contributed by atoms with E-state index in [0.29, 0.717) is 0 Å². The summed E-state index contributed by atoms with van der Waals surface area (Å²) in [5.74, 6) is 0.721. The van der Waals surface area contributed by atoms with E-state index in [0.717, 1.165) is 28.9 Å². The van der Waals surface area contributed by atoms with Crippen LogP contribution >= 0.6 is 0 Å². The fourth-order valence-corrected chi connectivity index (χ4v) is 2.80. The zero-order chi connectivity index (χ0) is 14.3. The van der Waals surface area contributed by atoms with Crippen LogP contribution in [-0.2, 0) is 6.42 Å². The fourth-order valence-electron chi connectivity index (χ4n) is 2.80. The highest BCUT2D eigenvalue weighted by molar-refractivity contribution is 5.44. The number of aryl methyl sites for hydroxylation is 1. The zero-order valence-electron chi connectivity index (χ0n) is 11.7. The monoisotopic (exact) mass is 271 g/mol. The van der Waals surface area contributed by atoms with Crippen LogP contribution in [0.4, 0.5) is 4.39 Å². The van der Waals surface area contributed by atoms with Crippen molar-refractivity contribution in [1.29, 1.82) is 0 Å². The van der Waals surface area contributed by atoms with Gasteiger partial charge in [-0.25, -0.2) is 4.39 Å². The molecule has 0 aliphatic carbocycles. The molecule has 104 valence electrons. The first-order valence-electron chi connectivity index (χ1n) is 6.85. The third-order valence-electron chi connectivity index (χ3n) is 3.85. The van der Waals surface area contributed by atoms with Gasteiger partial charge in [-0.05, 0) is 54.3 Å². The maximum Gasteiger partial charge on any atom is 0.123 e. The molecule has 2 atom stereocenters. The summed E-state index contributed by atoms with van der Waals surface area (Å²) >= 11 is 0. The topological polar surface area (TPSA) is 35.2 Å². The predicted octanol–water partition coefficient (Wildman–Crippen LogP) is 3.51. The predicted molar refractivity (Wildman–Crippen MR) is 77.4 cm³/mol. The lowest BCUT2D eigenvalue weighted by atomic mass is 9.94. The molecule has 1 aliphatic heterocycles. The first-order chi connectivity index (χ1) is 9.54. The number of ether oxygens (including phenoxy) is 1. The van der Waals surface area contributed by atoms with Crippen LogP contribution in [0.5, 0.6) is 5.75 Å². The first kappa shape index (κ1) is 13.1. The lowest BCUT2D eigenvalue weighted by Gasteiger charge is -2.16. The maximum atomic E-state index is 13.2. The van der Waals surface area contributed by atoms with Crippen molar-refractivity contribution in [2.24, 2.45) is 5.73 Å². The molecule has 2 unspecified atom stereocenters. The second-order valence-electron chi connectivity index (χ2n) is 5.48. The van der Waals surface area contributed by atoms with E-state index < -0.39 is 0 Å². The van der Waals surface area contributed by atoms with E-state index in [1.165, 1.54) is 17.7 Å². The summed E-state index contributed by atoms with van der Waals surface area (Å²) in [6.07, 6.45) is 1.14. The molecule has 3 heteroatoms. The van der Waals surface area contributed by atoms with Crippen LogP contribution < -0.4 is 10.5 Å². The van der Waals surface area contributed by atoms with Crippen molar-refractivity contribution in [3.63, 3.8) is 0 Å². The lowest BCUT2D eigenvalue weighted by Crippen LogP contribution is -2.13. The van der Waals surface area contributed by atoms with E-state index >= 15 is 0 Å². The van der Waals surface area contributed by atoms with Crippen molar-refractivity contribution in [3.8, 4) is 5.75 Å². The maximum absolute atomic E-state index is 13.2. The summed E-state index contributed by atoms with van der Waals surface area (Å²) in [6.45, 7) is 3.94. The Labute approximate surface area is 118 Å². The SMILES string of the molecule is Cc1cc(F)ccc1C(N)c1ccc2c(c1)CC(C)O2. The Bertz CT molecular complexity index is 653. The molecule has 0 fully saturated rings. The molecule has 2 nitrogen and oxygen atoms in total. The van der Waals surface area contributed by atoms with Gasteiger partial charge in [-0.3, -0.25) is 0 Å². The van der Waals surface area contributed by atoms with Gasteiger partial charge in [0.2, 0.25) is 0 Å². The van der Waals surface area contributed by atoms with E-state index in [4.69, 9.17) is 10.5 Å². The van der Waals surface area contributed by atoms with Crippen LogP contribution in [0.25, 0.3) is 0 Å². The van der Waals surface area contributed by atoms with Gasteiger partial charge in [0.15, 0.2) is 0 Å². The number of fused-ring (bicyclic) bond motifs is 1. The molecule has 0 spiro atoms. The highest BCUT2D eigenvalue weighted by Gasteiger charge is 2.21. The number of nitrogens with two attached hydrogens (primary N) is 1. The third-order valence-corrected chi connectivity index (χ3v) is 3.85. The fraction of sp³-hybridized carbons (Fsp3) is 0.294. The van der Waals surface area contributed by atoms with Crippen molar-refractivity contribution in [1.82, 2.24) is 0 Å². The van der Waals surface area contributed by atoms with Gasteiger partial charge < -0.3 is 10.5 Å². The minimum absolute atomic E-state index is 0.226. The average molecular weight is 271 g/mol. The number of rotatable bonds is 2. The molecule has 1 aliphatic rings. The molecule has 0 saturated heterocycles. The Balaban J connectivity index is 1.95. The van der Waals surface area contributed by atoms with Crippen molar-refractivity contribution in [2.75, 3.05) is 0 Å². The highest BCUT2D eigenvalue weighted by Crippen LogP contribution is 2.32. The van der Waals surface area contributed by atoms with Gasteiger partial charge in [0.25, 0.3) is 0 Å². The number of hydrogen-bond acceptors (Lipinski definition) is 2. The van der Waals surface area contributed by atoms with E-state index in [-0.39, 0.29) is 18.0 Å². The van der Waals surface area contributed by atoms with Crippen molar-refractivity contribution >= 4 is 0 Å². The molecule has 3 rings (SSSR count). The van der Waals surface area contributed by atoms with Gasteiger partial charge in [0, 0.05) is 6.42 Å². The van der Waals surface area contributed by atoms with Crippen LogP contribution in [0.15, 0.2) is 36.4 Å². The number of hydrogen-bond donors (Lipinski definition) is 1. The smallest absolute Gasteiger partial charge is 0.123 e. The number of benzene rings is 2. The van der Waals surface area contributed by atoms with Crippen molar-refractivity contribution < 1.29 is 9.13 Å². The van der Waals surface area contributed by atoms with E-state index in [1.54, 1.807) is 6.07 Å². The third kappa shape index (κ3) is 2.29. The zero-order valence-corrected chi connectivity index (χ0v) is 11.7. The Morgan fingerprint density at radius 2 is 2.05 bits per heavy atom. The van der Waals surface area contributed by atoms with Gasteiger partial charge in [0.05, 0.1) is 6.04 Å². The Morgan fingerprint density at radius 3 is 2.80 bits per heavy atom. The second-order valence-corrected chi connectivity index (χ2v) is 5.48. The van der Waals surface area contributed by atoms with E-state index in [2.05, 4.69) is 13.0 Å². The first-order valence-corrected chi connectivity index (χ1v) is 6.85. The van der Waals surface area contributed by atoms with Crippen LogP contribution in [0.3, 0.4) is 0 Å². The van der Waals surface area contributed by atoms with Gasteiger partial charge in [-0.1, -0.05) is 18.2 Å². The minimum atomic E-state index is -0.239. The van der Waals surface area contributed by atoms with Crippen LogP contribution in [0.1, 0.15) is 35.2 Å². The molecule has 0 aromatic heterocycles. The standard InChI is InChI=1S/C17H18FNO/c1-10-7-14(18)4-5-15(10)17(19)12-3-6-16-13(9-12)8-11(2)20-16/h3-7,9,11,17H,8,19H2,1-2H3. The Morgan fingerprint density at radius 1 is 1.25 bits per heavy atom. The van der Waals surface area contributed by atoms with Gasteiger partial charge >= 0.3 is 0 Å². The quantitative estimate of drug-likeness (QED) is 0.907. The summed E-state index contributed by atoms with van der Waals surface area (Å²) in [4.78, 5) is 0. The molecule has 0 amide bonds. The normalized spacial score (nSPS) is 18.5. The summed E-state index contributed by atoms with van der Waals surface area (Å²) < 4.78 is 18.9. The summed E-state index contributed by atoms with van der Waals surface area (Å²) in [6, 6.07) is 10.6. The molecule has 0 saturated carbocycles. The second kappa shape index (κ2) is 4.91. The minimum Gasteiger partial charge on any atom is -0.490 e. The average Bonchev–Trinajstić information content (AvgIpc) is 2.77. The molecule has 2 aromatic carbocycles. The Kier molecular flexibility index (Phi) is 3.22. The summed E-state index contributed by atoms with van der Waals surface area (Å²) in [5, 5.41) is 0. The lowest BCUT2D eigenvalue weighted by molar-refractivity contribution is 0.254. The highest BCUT2D eigenvalue weighted by atomic mass is 19.1. The molecule has 2 aromatic rings. The summed E-state index contributed by atoms with van der Waals surface area (Å²) in [5.41, 5.74) is 10.4. The van der Waals surface area contributed by atoms with Gasteiger partial charge in [-0.2, -0.15) is 0 Å². The van der Waals surface area contributed by atoms with Crippen LogP contribution in [0, 0.1) is 12.7 Å². The van der Waals surface area contributed by atoms with E-state index in [1.807, 2.05) is 19.1 Å². The Hall–Kier alpha value is -1.87. The molecule has 1 heterocycles. The van der Waals surface area contributed by atoms with E-state index in [9.17, 15) is 4.39 Å². The largest absolute Gasteiger partial charge is 0.490 e. The molecule has 2 N–H and O–H groups in total. The molecular weight excluding hydrogens is 253 g/mol. The van der Waals surface area contributed by atoms with Crippen LogP contribution in [0.2, 0.25) is 0 Å². The molecular formula is C17H18FNO. The van der Waals surface area contributed by atoms with Crippen molar-refractivity contribution in [3.05, 3.63) is 64.5 Å². The van der Waals surface area contributed by atoms with Gasteiger partial charge in [-0.15, -0.1) is 0 Å².